The number of aromatic amines is 1. The number of aromatic nitrogens is 4. The highest BCUT2D eigenvalue weighted by molar-refractivity contribution is 5.87. The Kier molecular flexibility index (Phi) is 5.50. The van der Waals surface area contributed by atoms with E-state index < -0.39 is 0 Å². The highest BCUT2D eigenvalue weighted by Crippen LogP contribution is 2.29. The zero-order valence-electron chi connectivity index (χ0n) is 18.5. The van der Waals surface area contributed by atoms with E-state index in [-0.39, 0.29) is 0 Å². The summed E-state index contributed by atoms with van der Waals surface area (Å²) in [4.78, 5) is 19.6. The van der Waals surface area contributed by atoms with Crippen LogP contribution in [0.5, 0.6) is 0 Å². The number of benzene rings is 2. The third-order valence-electron chi connectivity index (χ3n) is 5.46. The lowest BCUT2D eigenvalue weighted by molar-refractivity contribution is 0.122. The summed E-state index contributed by atoms with van der Waals surface area (Å²) in [5, 5.41) is 16.1. The fourth-order valence-electron chi connectivity index (χ4n) is 3.83. The molecule has 3 N–H and O–H groups in total. The van der Waals surface area contributed by atoms with E-state index in [4.69, 9.17) is 14.7 Å². The zero-order chi connectivity index (χ0) is 22.8. The van der Waals surface area contributed by atoms with Crippen molar-refractivity contribution in [1.29, 1.82) is 5.26 Å². The van der Waals surface area contributed by atoms with Crippen molar-refractivity contribution in [3.05, 3.63) is 59.2 Å². The van der Waals surface area contributed by atoms with Crippen LogP contribution in [0.1, 0.15) is 16.7 Å². The third kappa shape index (κ3) is 4.42. The van der Waals surface area contributed by atoms with Crippen LogP contribution in [0.3, 0.4) is 0 Å². The van der Waals surface area contributed by atoms with Crippen molar-refractivity contribution < 1.29 is 4.74 Å². The number of fused-ring (bicyclic) bond motifs is 1. The SMILES string of the molecule is Cc1cccc(Nc2nc3c(N4CCOCC4)nc(Nc4cc(C)ccc4C#N)nc3[nH]2)c1. The molecule has 0 amide bonds. The Balaban J connectivity index is 1.56. The standard InChI is InChI=1S/C24H24N8O/c1-15-4-3-5-18(12-15)26-23-28-20-21(29-23)30-24(31-22(20)32-8-10-33-11-9-32)27-19-13-16(2)6-7-17(19)14-25/h3-7,12-13H,8-11H2,1-2H3,(H3,26,27,28,29,30,31). The maximum atomic E-state index is 9.50. The number of ether oxygens (including phenoxy) is 1. The summed E-state index contributed by atoms with van der Waals surface area (Å²) in [6.07, 6.45) is 0. The lowest BCUT2D eigenvalue weighted by atomic mass is 10.1. The van der Waals surface area contributed by atoms with E-state index in [2.05, 4.69) is 37.6 Å². The van der Waals surface area contributed by atoms with Crippen LogP contribution in [0.25, 0.3) is 11.2 Å². The van der Waals surface area contributed by atoms with E-state index in [0.717, 1.165) is 22.6 Å². The molecule has 0 spiro atoms. The molecule has 1 fully saturated rings. The largest absolute Gasteiger partial charge is 0.378 e. The van der Waals surface area contributed by atoms with Gasteiger partial charge >= 0.3 is 0 Å². The molecule has 1 saturated heterocycles. The molecule has 3 heterocycles. The van der Waals surface area contributed by atoms with Crippen molar-refractivity contribution in [2.75, 3.05) is 41.8 Å². The second kappa shape index (κ2) is 8.76. The highest BCUT2D eigenvalue weighted by atomic mass is 16.5. The molecule has 0 bridgehead atoms. The molecule has 2 aromatic carbocycles. The van der Waals surface area contributed by atoms with Gasteiger partial charge in [0.1, 0.15) is 6.07 Å². The number of rotatable bonds is 5. The molecule has 0 aliphatic carbocycles. The molecular formula is C24H24N8O. The summed E-state index contributed by atoms with van der Waals surface area (Å²) < 4.78 is 5.52. The molecule has 166 valence electrons. The highest BCUT2D eigenvalue weighted by Gasteiger charge is 2.21. The second-order valence-corrected chi connectivity index (χ2v) is 8.03. The maximum absolute atomic E-state index is 9.50. The summed E-state index contributed by atoms with van der Waals surface area (Å²) in [7, 11) is 0. The first-order chi connectivity index (χ1) is 16.1. The fourth-order valence-corrected chi connectivity index (χ4v) is 3.83. The molecule has 5 rings (SSSR count). The van der Waals surface area contributed by atoms with Crippen molar-refractivity contribution in [2.45, 2.75) is 13.8 Å². The van der Waals surface area contributed by atoms with Gasteiger partial charge < -0.3 is 25.3 Å². The van der Waals surface area contributed by atoms with Crippen molar-refractivity contribution in [1.82, 2.24) is 19.9 Å². The minimum absolute atomic E-state index is 0.400. The van der Waals surface area contributed by atoms with Crippen LogP contribution in [0, 0.1) is 25.2 Å². The second-order valence-electron chi connectivity index (χ2n) is 8.03. The molecule has 0 atom stereocenters. The van der Waals surface area contributed by atoms with Gasteiger partial charge in [0.2, 0.25) is 11.9 Å². The van der Waals surface area contributed by atoms with Crippen molar-refractivity contribution in [3.8, 4) is 6.07 Å². The van der Waals surface area contributed by atoms with Crippen LogP contribution in [0.4, 0.5) is 29.1 Å². The van der Waals surface area contributed by atoms with Gasteiger partial charge in [-0.1, -0.05) is 18.2 Å². The fraction of sp³-hybridized carbons (Fsp3) is 0.250. The maximum Gasteiger partial charge on any atom is 0.231 e. The molecule has 0 radical (unpaired) electrons. The minimum Gasteiger partial charge on any atom is -0.378 e. The number of imidazole rings is 1. The summed E-state index contributed by atoms with van der Waals surface area (Å²) >= 11 is 0. The Bertz CT molecular complexity index is 1350. The first kappa shape index (κ1) is 20.7. The number of nitrogens with zero attached hydrogens (tertiary/aromatic N) is 5. The molecule has 4 aromatic rings. The quantitative estimate of drug-likeness (QED) is 0.424. The summed E-state index contributed by atoms with van der Waals surface area (Å²) in [6.45, 7) is 6.71. The van der Waals surface area contributed by atoms with E-state index in [1.165, 1.54) is 0 Å². The molecule has 9 heteroatoms. The number of nitrogens with one attached hydrogen (secondary N) is 3. The number of hydrogen-bond donors (Lipinski definition) is 3. The number of H-pyrrole nitrogens is 1. The Morgan fingerprint density at radius 2 is 1.82 bits per heavy atom. The van der Waals surface area contributed by atoms with Crippen LogP contribution in [-0.4, -0.2) is 46.2 Å². The molecule has 9 nitrogen and oxygen atoms in total. The number of morpholine rings is 1. The average Bonchev–Trinajstić information content (AvgIpc) is 3.21. The molecule has 0 unspecified atom stereocenters. The average molecular weight is 441 g/mol. The van der Waals surface area contributed by atoms with Crippen molar-refractivity contribution in [2.24, 2.45) is 0 Å². The van der Waals surface area contributed by atoms with Gasteiger partial charge in [-0.2, -0.15) is 15.2 Å². The smallest absolute Gasteiger partial charge is 0.231 e. The number of nitriles is 1. The summed E-state index contributed by atoms with van der Waals surface area (Å²) in [5.41, 5.74) is 5.62. The zero-order valence-corrected chi connectivity index (χ0v) is 18.5. The van der Waals surface area contributed by atoms with Gasteiger partial charge in [-0.05, 0) is 49.2 Å². The molecule has 1 aliphatic heterocycles. The number of hydrogen-bond acceptors (Lipinski definition) is 8. The van der Waals surface area contributed by atoms with E-state index in [1.54, 1.807) is 6.07 Å². The normalized spacial score (nSPS) is 13.7. The van der Waals surface area contributed by atoms with Crippen LogP contribution in [0.15, 0.2) is 42.5 Å². The Hall–Kier alpha value is -4.16. The first-order valence-electron chi connectivity index (χ1n) is 10.8. The molecule has 2 aromatic heterocycles. The van der Waals surface area contributed by atoms with Gasteiger partial charge in [0.05, 0.1) is 24.5 Å². The van der Waals surface area contributed by atoms with Gasteiger partial charge in [-0.15, -0.1) is 0 Å². The van der Waals surface area contributed by atoms with Crippen molar-refractivity contribution >= 4 is 40.3 Å². The topological polar surface area (TPSA) is 115 Å². The Morgan fingerprint density at radius 1 is 1.00 bits per heavy atom. The Morgan fingerprint density at radius 3 is 2.61 bits per heavy atom. The van der Waals surface area contributed by atoms with Gasteiger partial charge in [0.15, 0.2) is 17.0 Å². The predicted octanol–water partition coefficient (Wildman–Crippen LogP) is 4.17. The van der Waals surface area contributed by atoms with Gasteiger partial charge in [0, 0.05) is 18.8 Å². The van der Waals surface area contributed by atoms with Gasteiger partial charge in [-0.25, -0.2) is 4.98 Å². The van der Waals surface area contributed by atoms with Crippen molar-refractivity contribution in [3.63, 3.8) is 0 Å². The van der Waals surface area contributed by atoms with Crippen LogP contribution in [-0.2, 0) is 4.74 Å². The molecular weight excluding hydrogens is 416 g/mol. The Labute approximate surface area is 191 Å². The van der Waals surface area contributed by atoms with E-state index in [0.29, 0.717) is 60.6 Å². The van der Waals surface area contributed by atoms with Gasteiger partial charge in [0.25, 0.3) is 0 Å². The monoisotopic (exact) mass is 440 g/mol. The minimum atomic E-state index is 0.400. The van der Waals surface area contributed by atoms with Crippen LogP contribution in [0.2, 0.25) is 0 Å². The lowest BCUT2D eigenvalue weighted by Gasteiger charge is -2.28. The summed E-state index contributed by atoms with van der Waals surface area (Å²) in [5.74, 6) is 1.71. The first-order valence-corrected chi connectivity index (χ1v) is 10.8. The van der Waals surface area contributed by atoms with E-state index in [9.17, 15) is 5.26 Å². The molecule has 33 heavy (non-hydrogen) atoms. The number of aryl methyl sites for hydroxylation is 2. The third-order valence-corrected chi connectivity index (χ3v) is 5.46. The molecule has 1 aliphatic rings. The van der Waals surface area contributed by atoms with E-state index >= 15 is 0 Å². The summed E-state index contributed by atoms with van der Waals surface area (Å²) in [6, 6.07) is 15.9. The van der Waals surface area contributed by atoms with Crippen LogP contribution < -0.4 is 15.5 Å². The predicted molar refractivity (Wildman–Crippen MR) is 128 cm³/mol. The van der Waals surface area contributed by atoms with E-state index in [1.807, 2.05) is 44.2 Å². The molecule has 0 saturated carbocycles. The number of anilines is 5. The van der Waals surface area contributed by atoms with Gasteiger partial charge in [-0.3, -0.25) is 0 Å². The van der Waals surface area contributed by atoms with Crippen LogP contribution >= 0.6 is 0 Å². The lowest BCUT2D eigenvalue weighted by Crippen LogP contribution is -2.37.